The summed E-state index contributed by atoms with van der Waals surface area (Å²) in [7, 11) is 3.94. The molecule has 0 spiro atoms. The first kappa shape index (κ1) is 22.2. The summed E-state index contributed by atoms with van der Waals surface area (Å²) in [5.41, 5.74) is 2.61. The highest BCUT2D eigenvalue weighted by Crippen LogP contribution is 2.14. The summed E-state index contributed by atoms with van der Waals surface area (Å²) in [6.07, 6.45) is 0.953. The summed E-state index contributed by atoms with van der Waals surface area (Å²) in [4.78, 5) is 20.8. The molecule has 1 aliphatic heterocycles. The first-order valence-electron chi connectivity index (χ1n) is 10.3. The minimum absolute atomic E-state index is 0.0525. The maximum atomic E-state index is 12.2. The molecule has 1 aromatic rings. The average molecular weight is 388 g/mol. The number of carbonyl (C=O) groups is 1. The molecule has 0 radical (unpaired) electrons. The van der Waals surface area contributed by atoms with Gasteiger partial charge in [-0.2, -0.15) is 0 Å². The second-order valence-electron chi connectivity index (χ2n) is 8.27. The van der Waals surface area contributed by atoms with Gasteiger partial charge in [-0.25, -0.2) is 0 Å². The molecule has 1 atom stereocenters. The van der Waals surface area contributed by atoms with Crippen LogP contribution >= 0.6 is 0 Å². The van der Waals surface area contributed by atoms with Crippen LogP contribution in [0.1, 0.15) is 45.2 Å². The van der Waals surface area contributed by atoms with E-state index in [-0.39, 0.29) is 17.9 Å². The van der Waals surface area contributed by atoms with Crippen LogP contribution < -0.4 is 10.6 Å². The highest BCUT2D eigenvalue weighted by molar-refractivity contribution is 5.81. The van der Waals surface area contributed by atoms with Crippen LogP contribution in [-0.2, 0) is 17.9 Å². The number of hydrogen-bond donors (Lipinski definition) is 2. The lowest BCUT2D eigenvalue weighted by Crippen LogP contribution is -2.45. The Hall–Kier alpha value is -2.08. The SMILES string of the molecule is CN=C(NCc1ccccc1CN(C)C(C)C)NC1CCN(C(=O)C(C)C)C1. The minimum Gasteiger partial charge on any atom is -0.352 e. The quantitative estimate of drug-likeness (QED) is 0.557. The maximum absolute atomic E-state index is 12.2. The third kappa shape index (κ3) is 6.23. The van der Waals surface area contributed by atoms with E-state index in [9.17, 15) is 4.79 Å². The van der Waals surface area contributed by atoms with E-state index in [0.29, 0.717) is 6.04 Å². The Balaban J connectivity index is 1.91. The number of likely N-dealkylation sites (tertiary alicyclic amines) is 1. The Morgan fingerprint density at radius 1 is 1.25 bits per heavy atom. The third-order valence-electron chi connectivity index (χ3n) is 5.42. The zero-order chi connectivity index (χ0) is 20.7. The average Bonchev–Trinajstić information content (AvgIpc) is 3.13. The number of benzene rings is 1. The number of guanidine groups is 1. The van der Waals surface area contributed by atoms with Gasteiger partial charge in [0.2, 0.25) is 5.91 Å². The normalized spacial score (nSPS) is 17.7. The molecule has 1 amide bonds. The molecule has 0 saturated carbocycles. The summed E-state index contributed by atoms with van der Waals surface area (Å²) >= 11 is 0. The van der Waals surface area contributed by atoms with Gasteiger partial charge in [0.15, 0.2) is 5.96 Å². The predicted molar refractivity (Wildman–Crippen MR) is 116 cm³/mol. The van der Waals surface area contributed by atoms with E-state index in [4.69, 9.17) is 0 Å². The molecule has 0 bridgehead atoms. The van der Waals surface area contributed by atoms with Crippen LogP contribution in [0.25, 0.3) is 0 Å². The van der Waals surface area contributed by atoms with Crippen LogP contribution in [0.2, 0.25) is 0 Å². The third-order valence-corrected chi connectivity index (χ3v) is 5.42. The standard InChI is InChI=1S/C22H37N5O/c1-16(2)21(28)27-12-11-20(15-27)25-22(23-5)24-13-18-9-7-8-10-19(18)14-26(6)17(3)4/h7-10,16-17,20H,11-15H2,1-6H3,(H2,23,24,25). The monoisotopic (exact) mass is 387 g/mol. The van der Waals surface area contributed by atoms with Crippen LogP contribution in [0.3, 0.4) is 0 Å². The molecule has 6 heteroatoms. The zero-order valence-electron chi connectivity index (χ0n) is 18.3. The van der Waals surface area contributed by atoms with Crippen molar-refractivity contribution < 1.29 is 4.79 Å². The van der Waals surface area contributed by atoms with Gasteiger partial charge in [-0.05, 0) is 38.4 Å². The lowest BCUT2D eigenvalue weighted by Gasteiger charge is -2.23. The molecule has 0 aromatic heterocycles. The van der Waals surface area contributed by atoms with Crippen molar-refractivity contribution >= 4 is 11.9 Å². The van der Waals surface area contributed by atoms with E-state index >= 15 is 0 Å². The van der Waals surface area contributed by atoms with Crippen molar-refractivity contribution in [3.63, 3.8) is 0 Å². The van der Waals surface area contributed by atoms with E-state index in [0.717, 1.165) is 38.6 Å². The molecule has 6 nitrogen and oxygen atoms in total. The van der Waals surface area contributed by atoms with E-state index in [2.05, 4.69) is 65.7 Å². The molecular weight excluding hydrogens is 350 g/mol. The second kappa shape index (κ2) is 10.5. The number of carbonyl (C=O) groups excluding carboxylic acids is 1. The number of rotatable bonds is 7. The number of aliphatic imine (C=N–C) groups is 1. The number of hydrogen-bond acceptors (Lipinski definition) is 3. The van der Waals surface area contributed by atoms with Gasteiger partial charge in [-0.15, -0.1) is 0 Å². The summed E-state index contributed by atoms with van der Waals surface area (Å²) < 4.78 is 0. The van der Waals surface area contributed by atoms with Crippen molar-refractivity contribution in [2.45, 2.75) is 59.3 Å². The van der Waals surface area contributed by atoms with Gasteiger partial charge in [-0.3, -0.25) is 14.7 Å². The van der Waals surface area contributed by atoms with Gasteiger partial charge in [-0.1, -0.05) is 38.1 Å². The van der Waals surface area contributed by atoms with Gasteiger partial charge < -0.3 is 15.5 Å². The lowest BCUT2D eigenvalue weighted by molar-refractivity contribution is -0.133. The minimum atomic E-state index is 0.0525. The Labute approximate surface area is 170 Å². The largest absolute Gasteiger partial charge is 0.352 e. The summed E-state index contributed by atoms with van der Waals surface area (Å²) in [6.45, 7) is 11.5. The Kier molecular flexibility index (Phi) is 8.30. The van der Waals surface area contributed by atoms with Crippen molar-refractivity contribution in [2.24, 2.45) is 10.9 Å². The molecule has 0 aliphatic carbocycles. The first-order chi connectivity index (χ1) is 13.3. The van der Waals surface area contributed by atoms with Crippen molar-refractivity contribution in [3.8, 4) is 0 Å². The topological polar surface area (TPSA) is 60.0 Å². The van der Waals surface area contributed by atoms with Gasteiger partial charge in [0.1, 0.15) is 0 Å². The molecule has 1 unspecified atom stereocenters. The van der Waals surface area contributed by atoms with Crippen LogP contribution in [0, 0.1) is 5.92 Å². The molecule has 1 aliphatic rings. The van der Waals surface area contributed by atoms with Crippen LogP contribution in [-0.4, -0.2) is 60.9 Å². The van der Waals surface area contributed by atoms with E-state index in [1.165, 1.54) is 11.1 Å². The molecule has 1 saturated heterocycles. The molecule has 2 N–H and O–H groups in total. The smallest absolute Gasteiger partial charge is 0.225 e. The van der Waals surface area contributed by atoms with Crippen molar-refractivity contribution in [1.82, 2.24) is 20.4 Å². The summed E-state index contributed by atoms with van der Waals surface area (Å²) in [6, 6.07) is 9.30. The number of nitrogens with zero attached hydrogens (tertiary/aromatic N) is 3. The molecule has 156 valence electrons. The molecule has 1 aromatic carbocycles. The zero-order valence-corrected chi connectivity index (χ0v) is 18.3. The summed E-state index contributed by atoms with van der Waals surface area (Å²) in [5, 5.41) is 6.91. The second-order valence-corrected chi connectivity index (χ2v) is 8.27. The predicted octanol–water partition coefficient (Wildman–Crippen LogP) is 2.45. The fourth-order valence-corrected chi connectivity index (χ4v) is 3.35. The number of amides is 1. The number of nitrogens with one attached hydrogen (secondary N) is 2. The molecule has 2 rings (SSSR count). The Morgan fingerprint density at radius 2 is 1.93 bits per heavy atom. The Morgan fingerprint density at radius 3 is 2.54 bits per heavy atom. The fraction of sp³-hybridized carbons (Fsp3) is 0.636. The maximum Gasteiger partial charge on any atom is 0.225 e. The van der Waals surface area contributed by atoms with E-state index < -0.39 is 0 Å². The molecule has 1 fully saturated rings. The molecular formula is C22H37N5O. The van der Waals surface area contributed by atoms with Gasteiger partial charge in [0, 0.05) is 51.2 Å². The molecule has 28 heavy (non-hydrogen) atoms. The van der Waals surface area contributed by atoms with Gasteiger partial charge >= 0.3 is 0 Å². The van der Waals surface area contributed by atoms with Crippen LogP contribution in [0.15, 0.2) is 29.3 Å². The van der Waals surface area contributed by atoms with Gasteiger partial charge in [0.05, 0.1) is 0 Å². The lowest BCUT2D eigenvalue weighted by atomic mass is 10.1. The highest BCUT2D eigenvalue weighted by atomic mass is 16.2. The van der Waals surface area contributed by atoms with Crippen molar-refractivity contribution in [1.29, 1.82) is 0 Å². The van der Waals surface area contributed by atoms with Gasteiger partial charge in [0.25, 0.3) is 0 Å². The summed E-state index contributed by atoms with van der Waals surface area (Å²) in [5.74, 6) is 1.07. The first-order valence-corrected chi connectivity index (χ1v) is 10.3. The van der Waals surface area contributed by atoms with Crippen molar-refractivity contribution in [2.75, 3.05) is 27.2 Å². The van der Waals surface area contributed by atoms with E-state index in [1.807, 2.05) is 18.7 Å². The highest BCUT2D eigenvalue weighted by Gasteiger charge is 2.27. The van der Waals surface area contributed by atoms with Crippen molar-refractivity contribution in [3.05, 3.63) is 35.4 Å². The fourth-order valence-electron chi connectivity index (χ4n) is 3.35. The van der Waals surface area contributed by atoms with Crippen LogP contribution in [0.4, 0.5) is 0 Å². The van der Waals surface area contributed by atoms with Crippen LogP contribution in [0.5, 0.6) is 0 Å². The molecule has 1 heterocycles. The Bertz CT molecular complexity index is 671. The van der Waals surface area contributed by atoms with E-state index in [1.54, 1.807) is 7.05 Å².